The second-order valence-electron chi connectivity index (χ2n) is 5.83. The predicted molar refractivity (Wildman–Crippen MR) is 91.4 cm³/mol. The van der Waals surface area contributed by atoms with E-state index in [1.165, 1.54) is 16.3 Å². The van der Waals surface area contributed by atoms with E-state index in [2.05, 4.69) is 5.16 Å². The van der Waals surface area contributed by atoms with Gasteiger partial charge in [0.05, 0.1) is 11.8 Å². The topological polar surface area (TPSA) is 57.3 Å². The van der Waals surface area contributed by atoms with Crippen LogP contribution in [-0.2, 0) is 9.67 Å². The maximum absolute atomic E-state index is 12.3. The highest BCUT2D eigenvalue weighted by Crippen LogP contribution is 2.52. The van der Waals surface area contributed by atoms with E-state index in [1.807, 2.05) is 68.4 Å². The normalized spacial score (nSPS) is 19.1. The molecular formula is C18H16N2O3S. The lowest BCUT2D eigenvalue weighted by molar-refractivity contribution is -0.00265. The molecular weight excluding hydrogens is 324 g/mol. The van der Waals surface area contributed by atoms with E-state index in [9.17, 15) is 4.79 Å². The number of nitrogens with zero attached hydrogens (tertiary/aromatic N) is 2. The lowest BCUT2D eigenvalue weighted by Gasteiger charge is -2.37. The third-order valence-electron chi connectivity index (χ3n) is 3.81. The maximum atomic E-state index is 12.3. The fourth-order valence-corrected chi connectivity index (χ4v) is 4.36. The predicted octanol–water partition coefficient (Wildman–Crippen LogP) is 3.56. The molecule has 0 fully saturated rings. The molecule has 1 atom stereocenters. The van der Waals surface area contributed by atoms with Gasteiger partial charge in [0.1, 0.15) is 0 Å². The standard InChI is InChI=1S/C18H16N2O3S/c1-12(2)22-18(13-8-4-3-5-9-13)16-19-23-17(21)20(16)14-10-6-7-11-15(14)24-18/h3-12H,1-2H3. The Kier molecular flexibility index (Phi) is 3.58. The van der Waals surface area contributed by atoms with Crippen LogP contribution in [0.3, 0.4) is 0 Å². The molecule has 0 bridgehead atoms. The third kappa shape index (κ3) is 2.22. The molecule has 0 aliphatic carbocycles. The summed E-state index contributed by atoms with van der Waals surface area (Å²) in [5, 5.41) is 4.07. The molecule has 1 aromatic heterocycles. The van der Waals surface area contributed by atoms with Crippen LogP contribution < -0.4 is 5.76 Å². The summed E-state index contributed by atoms with van der Waals surface area (Å²) in [5.41, 5.74) is 1.68. The van der Waals surface area contributed by atoms with Crippen molar-refractivity contribution in [2.75, 3.05) is 0 Å². The minimum absolute atomic E-state index is 0.0665. The molecule has 2 heterocycles. The molecule has 1 aliphatic heterocycles. The quantitative estimate of drug-likeness (QED) is 0.730. The van der Waals surface area contributed by atoms with Crippen LogP contribution in [0, 0.1) is 0 Å². The zero-order valence-electron chi connectivity index (χ0n) is 13.3. The lowest BCUT2D eigenvalue weighted by atomic mass is 10.1. The number of thioether (sulfide) groups is 1. The number of hydrogen-bond acceptors (Lipinski definition) is 5. The van der Waals surface area contributed by atoms with Crippen molar-refractivity contribution in [3.05, 3.63) is 76.5 Å². The van der Waals surface area contributed by atoms with Crippen molar-refractivity contribution in [1.29, 1.82) is 0 Å². The first-order valence-corrected chi connectivity index (χ1v) is 8.54. The average molecular weight is 340 g/mol. The molecule has 1 unspecified atom stereocenters. The first-order valence-electron chi connectivity index (χ1n) is 7.73. The number of aromatic nitrogens is 2. The molecule has 4 rings (SSSR count). The Labute approximate surface area is 143 Å². The summed E-state index contributed by atoms with van der Waals surface area (Å²) in [6, 6.07) is 17.5. The van der Waals surface area contributed by atoms with Crippen LogP contribution in [0.1, 0.15) is 25.2 Å². The second kappa shape index (κ2) is 5.65. The summed E-state index contributed by atoms with van der Waals surface area (Å²) in [4.78, 5) is 12.3. The number of fused-ring (bicyclic) bond motifs is 3. The second-order valence-corrected chi connectivity index (χ2v) is 7.05. The molecule has 0 amide bonds. The summed E-state index contributed by atoms with van der Waals surface area (Å²) < 4.78 is 12.8. The molecule has 0 radical (unpaired) electrons. The molecule has 0 spiro atoms. The van der Waals surface area contributed by atoms with Gasteiger partial charge in [-0.15, -0.1) is 0 Å². The first kappa shape index (κ1) is 15.2. The Hall–Kier alpha value is -2.31. The van der Waals surface area contributed by atoms with E-state index in [1.54, 1.807) is 0 Å². The van der Waals surface area contributed by atoms with Crippen molar-refractivity contribution in [2.24, 2.45) is 0 Å². The Morgan fingerprint density at radius 2 is 1.83 bits per heavy atom. The van der Waals surface area contributed by atoms with Crippen molar-refractivity contribution in [3.63, 3.8) is 0 Å². The summed E-state index contributed by atoms with van der Waals surface area (Å²) in [5.74, 6) is -0.0542. The molecule has 2 aromatic carbocycles. The van der Waals surface area contributed by atoms with E-state index in [0.29, 0.717) is 5.82 Å². The molecule has 0 saturated heterocycles. The number of ether oxygens (including phenoxy) is 1. The van der Waals surface area contributed by atoms with E-state index in [4.69, 9.17) is 9.26 Å². The minimum Gasteiger partial charge on any atom is -0.350 e. The van der Waals surface area contributed by atoms with Gasteiger partial charge in [-0.2, -0.15) is 0 Å². The molecule has 1 aliphatic rings. The van der Waals surface area contributed by atoms with Gasteiger partial charge >= 0.3 is 5.76 Å². The van der Waals surface area contributed by atoms with Gasteiger partial charge in [-0.3, -0.25) is 4.52 Å². The summed E-state index contributed by atoms with van der Waals surface area (Å²) in [7, 11) is 0. The Morgan fingerprint density at radius 3 is 2.58 bits per heavy atom. The van der Waals surface area contributed by atoms with Gasteiger partial charge < -0.3 is 4.74 Å². The van der Waals surface area contributed by atoms with Crippen molar-refractivity contribution < 1.29 is 9.26 Å². The molecule has 0 saturated carbocycles. The van der Waals surface area contributed by atoms with Crippen LogP contribution in [0.4, 0.5) is 0 Å². The van der Waals surface area contributed by atoms with E-state index < -0.39 is 10.7 Å². The maximum Gasteiger partial charge on any atom is 0.446 e. The van der Waals surface area contributed by atoms with Crippen LogP contribution in [0.5, 0.6) is 0 Å². The number of para-hydroxylation sites is 1. The highest BCUT2D eigenvalue weighted by molar-refractivity contribution is 8.00. The summed E-state index contributed by atoms with van der Waals surface area (Å²) in [6.45, 7) is 3.93. The fraction of sp³-hybridized carbons (Fsp3) is 0.222. The molecule has 3 aromatic rings. The van der Waals surface area contributed by atoms with Gasteiger partial charge in [0.25, 0.3) is 0 Å². The van der Waals surface area contributed by atoms with Gasteiger partial charge in [-0.25, -0.2) is 9.36 Å². The van der Waals surface area contributed by atoms with Gasteiger partial charge in [0.2, 0.25) is 10.8 Å². The number of hydrogen-bond donors (Lipinski definition) is 0. The molecule has 0 N–H and O–H groups in total. The Bertz CT molecular complexity index is 933. The molecule has 6 heteroatoms. The zero-order chi connectivity index (χ0) is 16.7. The summed E-state index contributed by atoms with van der Waals surface area (Å²) >= 11 is 1.54. The van der Waals surface area contributed by atoms with Crippen LogP contribution in [0.15, 0.2) is 68.8 Å². The molecule has 24 heavy (non-hydrogen) atoms. The van der Waals surface area contributed by atoms with Crippen molar-refractivity contribution in [1.82, 2.24) is 9.72 Å². The fourth-order valence-electron chi connectivity index (χ4n) is 2.92. The summed E-state index contributed by atoms with van der Waals surface area (Å²) in [6.07, 6.45) is -0.0665. The smallest absolute Gasteiger partial charge is 0.350 e. The van der Waals surface area contributed by atoms with Gasteiger partial charge in [-0.05, 0) is 26.0 Å². The Balaban J connectivity index is 2.04. The van der Waals surface area contributed by atoms with Crippen molar-refractivity contribution >= 4 is 11.8 Å². The van der Waals surface area contributed by atoms with Gasteiger partial charge in [-0.1, -0.05) is 59.4 Å². The highest BCUT2D eigenvalue weighted by Gasteiger charge is 2.47. The lowest BCUT2D eigenvalue weighted by Crippen LogP contribution is -2.37. The van der Waals surface area contributed by atoms with Crippen LogP contribution in [0.2, 0.25) is 0 Å². The average Bonchev–Trinajstić information content (AvgIpc) is 2.98. The van der Waals surface area contributed by atoms with E-state index in [-0.39, 0.29) is 6.10 Å². The number of benzene rings is 2. The largest absolute Gasteiger partial charge is 0.446 e. The van der Waals surface area contributed by atoms with Crippen LogP contribution >= 0.6 is 11.8 Å². The van der Waals surface area contributed by atoms with Crippen molar-refractivity contribution in [3.8, 4) is 5.69 Å². The first-order chi connectivity index (χ1) is 11.6. The minimum atomic E-state index is -0.935. The SMILES string of the molecule is CC(C)OC1(c2ccccc2)Sc2ccccc2-n2c1noc2=O. The zero-order valence-corrected chi connectivity index (χ0v) is 14.1. The van der Waals surface area contributed by atoms with Gasteiger partial charge in [0, 0.05) is 10.5 Å². The number of rotatable bonds is 3. The van der Waals surface area contributed by atoms with Gasteiger partial charge in [0.15, 0.2) is 0 Å². The molecule has 5 nitrogen and oxygen atoms in total. The van der Waals surface area contributed by atoms with Crippen molar-refractivity contribution in [2.45, 2.75) is 29.8 Å². The van der Waals surface area contributed by atoms with E-state index in [0.717, 1.165) is 16.1 Å². The van der Waals surface area contributed by atoms with Crippen LogP contribution in [-0.4, -0.2) is 15.8 Å². The Morgan fingerprint density at radius 1 is 1.12 bits per heavy atom. The third-order valence-corrected chi connectivity index (χ3v) is 5.18. The highest BCUT2D eigenvalue weighted by atomic mass is 32.2. The van der Waals surface area contributed by atoms with E-state index >= 15 is 0 Å². The molecule has 122 valence electrons. The monoisotopic (exact) mass is 340 g/mol. The van der Waals surface area contributed by atoms with Crippen LogP contribution in [0.25, 0.3) is 5.69 Å².